The summed E-state index contributed by atoms with van der Waals surface area (Å²) in [6.45, 7) is -3.28. The smallest absolute Gasteiger partial charge is 0.431 e. The van der Waals surface area contributed by atoms with Crippen molar-refractivity contribution >= 4 is 21.6 Å². The second kappa shape index (κ2) is 4.94. The summed E-state index contributed by atoms with van der Waals surface area (Å²) in [5.41, 5.74) is 5.20. The minimum absolute atomic E-state index is 0.106. The minimum Gasteiger partial charge on any atom is -0.431 e. The van der Waals surface area contributed by atoms with Gasteiger partial charge in [0.1, 0.15) is 0 Å². The maximum atomic E-state index is 12.0. The van der Waals surface area contributed by atoms with Crippen LogP contribution in [0.25, 0.3) is 0 Å². The molecule has 0 saturated heterocycles. The second-order valence-electron chi connectivity index (χ2n) is 2.75. The predicted molar refractivity (Wildman–Crippen MR) is 51.9 cm³/mol. The van der Waals surface area contributed by atoms with Gasteiger partial charge in [-0.05, 0) is 15.9 Å². The van der Waals surface area contributed by atoms with Gasteiger partial charge >= 0.3 is 13.0 Å². The van der Waals surface area contributed by atoms with Crippen LogP contribution in [0.2, 0.25) is 0 Å². The fraction of sp³-hybridized carbons (Fsp3) is 0.250. The van der Waals surface area contributed by atoms with E-state index in [0.717, 1.165) is 12.1 Å². The van der Waals surface area contributed by atoms with Crippen LogP contribution in [0.3, 0.4) is 0 Å². The van der Waals surface area contributed by atoms with Gasteiger partial charge < -0.3 is 15.2 Å². The zero-order valence-electron chi connectivity index (χ0n) is 7.89. The molecule has 0 fully saturated rings. The monoisotopic (exact) mass is 321 g/mol. The van der Waals surface area contributed by atoms with Crippen LogP contribution < -0.4 is 15.2 Å². The van der Waals surface area contributed by atoms with E-state index in [1.165, 1.54) is 0 Å². The van der Waals surface area contributed by atoms with E-state index in [1.54, 1.807) is 0 Å². The Morgan fingerprint density at radius 3 is 2.24 bits per heavy atom. The van der Waals surface area contributed by atoms with Crippen LogP contribution in [-0.4, -0.2) is 13.0 Å². The molecule has 0 aromatic heterocycles. The number of rotatable bonds is 3. The maximum absolute atomic E-state index is 12.0. The summed E-state index contributed by atoms with van der Waals surface area (Å²) >= 11 is 2.86. The molecule has 0 amide bonds. The molecule has 0 aliphatic rings. The summed E-state index contributed by atoms with van der Waals surface area (Å²) in [5, 5.41) is 0. The van der Waals surface area contributed by atoms with Crippen LogP contribution in [0.15, 0.2) is 16.6 Å². The van der Waals surface area contributed by atoms with Gasteiger partial charge in [0, 0.05) is 22.3 Å². The molecule has 2 N–H and O–H groups in total. The molecule has 17 heavy (non-hydrogen) atoms. The number of nitrogens with two attached hydrogens (primary N) is 1. The zero-order valence-corrected chi connectivity index (χ0v) is 9.48. The lowest BCUT2D eigenvalue weighted by Crippen LogP contribution is -2.18. The number of halogens is 6. The molecule has 0 bridgehead atoms. The van der Waals surface area contributed by atoms with Gasteiger partial charge in [0.2, 0.25) is 0 Å². The highest BCUT2D eigenvalue weighted by Gasteiger charge is 2.33. The Balaban J connectivity index is 3.11. The lowest BCUT2D eigenvalue weighted by Gasteiger charge is -2.14. The first-order chi connectivity index (χ1) is 7.69. The highest BCUT2D eigenvalue weighted by atomic mass is 79.9. The standard InChI is InChI=1S/C8H5BrF5NO2/c9-3-1-5(16-7(10)11)6(2-4(3)15)17-8(12,13)14/h1-2,7H,15H2. The summed E-state index contributed by atoms with van der Waals surface area (Å²) in [4.78, 5) is 0. The fourth-order valence-corrected chi connectivity index (χ4v) is 1.27. The SMILES string of the molecule is Nc1cc(OC(F)(F)F)c(OC(F)F)cc1Br. The third-order valence-corrected chi connectivity index (χ3v) is 2.19. The molecule has 0 aliphatic heterocycles. The van der Waals surface area contributed by atoms with Gasteiger partial charge in [-0.1, -0.05) is 0 Å². The predicted octanol–water partition coefficient (Wildman–Crippen LogP) is 3.53. The Labute approximate surface area is 100 Å². The molecule has 1 aromatic carbocycles. The van der Waals surface area contributed by atoms with Gasteiger partial charge in [0.25, 0.3) is 0 Å². The zero-order chi connectivity index (χ0) is 13.2. The van der Waals surface area contributed by atoms with Crippen molar-refractivity contribution in [2.45, 2.75) is 13.0 Å². The van der Waals surface area contributed by atoms with Crippen molar-refractivity contribution in [2.24, 2.45) is 0 Å². The van der Waals surface area contributed by atoms with Crippen molar-refractivity contribution in [2.75, 3.05) is 5.73 Å². The fourth-order valence-electron chi connectivity index (χ4n) is 0.943. The average molecular weight is 322 g/mol. The van der Waals surface area contributed by atoms with E-state index < -0.39 is 24.5 Å². The topological polar surface area (TPSA) is 44.5 Å². The van der Waals surface area contributed by atoms with Crippen molar-refractivity contribution in [1.29, 1.82) is 0 Å². The molecule has 96 valence electrons. The number of benzene rings is 1. The number of hydrogen-bond donors (Lipinski definition) is 1. The third kappa shape index (κ3) is 4.25. The first-order valence-electron chi connectivity index (χ1n) is 3.98. The van der Waals surface area contributed by atoms with E-state index in [1.807, 2.05) is 0 Å². The first kappa shape index (κ1) is 13.8. The van der Waals surface area contributed by atoms with Crippen LogP contribution >= 0.6 is 15.9 Å². The van der Waals surface area contributed by atoms with Gasteiger partial charge in [-0.3, -0.25) is 0 Å². The second-order valence-corrected chi connectivity index (χ2v) is 3.60. The summed E-state index contributed by atoms with van der Waals surface area (Å²) in [6.07, 6.45) is -5.03. The highest BCUT2D eigenvalue weighted by molar-refractivity contribution is 9.10. The molecule has 0 atom stereocenters. The highest BCUT2D eigenvalue weighted by Crippen LogP contribution is 2.38. The molecular formula is C8H5BrF5NO2. The van der Waals surface area contributed by atoms with Gasteiger partial charge in [-0.25, -0.2) is 0 Å². The van der Waals surface area contributed by atoms with Crippen molar-refractivity contribution in [3.05, 3.63) is 16.6 Å². The van der Waals surface area contributed by atoms with Gasteiger partial charge in [-0.2, -0.15) is 8.78 Å². The van der Waals surface area contributed by atoms with Crippen LogP contribution in [0.1, 0.15) is 0 Å². The largest absolute Gasteiger partial charge is 0.573 e. The number of ether oxygens (including phenoxy) is 2. The molecule has 0 spiro atoms. The van der Waals surface area contributed by atoms with Gasteiger partial charge in [0.15, 0.2) is 11.5 Å². The molecule has 0 aliphatic carbocycles. The number of nitrogen functional groups attached to an aromatic ring is 1. The molecule has 3 nitrogen and oxygen atoms in total. The molecule has 9 heteroatoms. The Hall–Kier alpha value is -1.25. The minimum atomic E-state index is -5.03. The Morgan fingerprint density at radius 2 is 1.76 bits per heavy atom. The Bertz CT molecular complexity index is 410. The van der Waals surface area contributed by atoms with E-state index in [-0.39, 0.29) is 10.2 Å². The van der Waals surface area contributed by atoms with E-state index in [2.05, 4.69) is 25.4 Å². The molecule has 1 aromatic rings. The van der Waals surface area contributed by atoms with Crippen molar-refractivity contribution in [3.8, 4) is 11.5 Å². The molecule has 0 heterocycles. The molecule has 0 saturated carbocycles. The molecule has 0 unspecified atom stereocenters. The summed E-state index contributed by atoms with van der Waals surface area (Å²) in [5.74, 6) is -1.70. The average Bonchev–Trinajstić information content (AvgIpc) is 2.10. The maximum Gasteiger partial charge on any atom is 0.573 e. The first-order valence-corrected chi connectivity index (χ1v) is 4.78. The Morgan fingerprint density at radius 1 is 1.18 bits per heavy atom. The summed E-state index contributed by atoms with van der Waals surface area (Å²) < 4.78 is 67.3. The number of alkyl halides is 5. The molecule has 0 radical (unpaired) electrons. The van der Waals surface area contributed by atoms with E-state index in [0.29, 0.717) is 0 Å². The van der Waals surface area contributed by atoms with Crippen molar-refractivity contribution < 1.29 is 31.4 Å². The Kier molecular flexibility index (Phi) is 4.02. The molecule has 1 rings (SSSR count). The normalized spacial score (nSPS) is 11.7. The molecular weight excluding hydrogens is 317 g/mol. The number of hydrogen-bond acceptors (Lipinski definition) is 3. The van der Waals surface area contributed by atoms with E-state index in [9.17, 15) is 22.0 Å². The number of anilines is 1. The summed E-state index contributed by atoms with van der Waals surface area (Å²) in [7, 11) is 0. The quantitative estimate of drug-likeness (QED) is 0.684. The van der Waals surface area contributed by atoms with E-state index >= 15 is 0 Å². The third-order valence-electron chi connectivity index (χ3n) is 1.50. The van der Waals surface area contributed by atoms with Crippen LogP contribution in [0.4, 0.5) is 27.6 Å². The van der Waals surface area contributed by atoms with Crippen molar-refractivity contribution in [1.82, 2.24) is 0 Å². The van der Waals surface area contributed by atoms with Crippen LogP contribution in [-0.2, 0) is 0 Å². The van der Waals surface area contributed by atoms with Gasteiger partial charge in [0.05, 0.1) is 0 Å². The van der Waals surface area contributed by atoms with Crippen LogP contribution in [0, 0.1) is 0 Å². The lowest BCUT2D eigenvalue weighted by atomic mass is 10.3. The van der Waals surface area contributed by atoms with E-state index in [4.69, 9.17) is 5.73 Å². The lowest BCUT2D eigenvalue weighted by molar-refractivity contribution is -0.275. The van der Waals surface area contributed by atoms with Crippen LogP contribution in [0.5, 0.6) is 11.5 Å². The van der Waals surface area contributed by atoms with Crippen molar-refractivity contribution in [3.63, 3.8) is 0 Å². The van der Waals surface area contributed by atoms with Gasteiger partial charge in [-0.15, -0.1) is 13.2 Å². The summed E-state index contributed by atoms with van der Waals surface area (Å²) in [6, 6.07) is 1.60.